The maximum Gasteiger partial charge on any atom is 0.411 e. The van der Waals surface area contributed by atoms with E-state index in [4.69, 9.17) is 9.84 Å². The Kier molecular flexibility index (Phi) is 7.15. The highest BCUT2D eigenvalue weighted by molar-refractivity contribution is 5.85. The molecule has 0 aromatic heterocycles. The minimum atomic E-state index is -1.05. The number of anilines is 1. The van der Waals surface area contributed by atoms with Gasteiger partial charge in [0.25, 0.3) is 0 Å². The predicted molar refractivity (Wildman–Crippen MR) is 133 cm³/mol. The Balaban J connectivity index is 1.34. The van der Waals surface area contributed by atoms with Crippen LogP contribution in [0.1, 0.15) is 36.0 Å². The van der Waals surface area contributed by atoms with E-state index in [1.165, 1.54) is 30.0 Å². The smallest absolute Gasteiger partial charge is 0.411 e. The van der Waals surface area contributed by atoms with Gasteiger partial charge in [-0.2, -0.15) is 0 Å². The quantitative estimate of drug-likeness (QED) is 0.486. The molecular formula is C28H28N2O5. The molecule has 7 heteroatoms. The minimum Gasteiger partial charge on any atom is -0.480 e. The first-order valence-corrected chi connectivity index (χ1v) is 11.5. The Morgan fingerprint density at radius 1 is 0.971 bits per heavy atom. The molecule has 180 valence electrons. The number of carboxylic acid groups (broad SMARTS) is 1. The van der Waals surface area contributed by atoms with Crippen LogP contribution in [0, 0.1) is 0 Å². The Bertz CT molecular complexity index is 1210. The van der Waals surface area contributed by atoms with Crippen molar-refractivity contribution in [1.82, 2.24) is 4.90 Å². The van der Waals surface area contributed by atoms with Gasteiger partial charge in [-0.15, -0.1) is 0 Å². The molecule has 35 heavy (non-hydrogen) atoms. The lowest BCUT2D eigenvalue weighted by Crippen LogP contribution is -2.40. The van der Waals surface area contributed by atoms with Gasteiger partial charge in [-0.05, 0) is 53.3 Å². The SMILES string of the molecule is C[C@@H](C(=O)O)N(C)C(=O)CCc1cccc(NC(=O)OCC2c3ccccc3-c3ccccc32)c1. The summed E-state index contributed by atoms with van der Waals surface area (Å²) in [7, 11) is 1.48. The standard InChI is InChI=1S/C28H28N2O5/c1-18(27(32)33)30(2)26(31)15-14-19-8-7-9-20(16-19)29-28(34)35-17-25-23-12-5-3-10-21(23)22-11-4-6-13-24(22)25/h3-13,16,18,25H,14-15,17H2,1-2H3,(H,29,34)(H,32,33)/t18-/m0/s1. The molecule has 3 aromatic carbocycles. The van der Waals surface area contributed by atoms with E-state index in [1.54, 1.807) is 18.2 Å². The van der Waals surface area contributed by atoms with Gasteiger partial charge in [0, 0.05) is 25.1 Å². The molecule has 0 heterocycles. The molecule has 0 aliphatic heterocycles. The van der Waals surface area contributed by atoms with Gasteiger partial charge in [-0.1, -0.05) is 60.7 Å². The lowest BCUT2D eigenvalue weighted by molar-refractivity contribution is -0.148. The summed E-state index contributed by atoms with van der Waals surface area (Å²) >= 11 is 0. The van der Waals surface area contributed by atoms with Crippen LogP contribution in [0.2, 0.25) is 0 Å². The topological polar surface area (TPSA) is 95.9 Å². The number of aliphatic carboxylic acids is 1. The van der Waals surface area contributed by atoms with Crippen molar-refractivity contribution in [2.45, 2.75) is 31.7 Å². The molecule has 7 nitrogen and oxygen atoms in total. The van der Waals surface area contributed by atoms with Gasteiger partial charge in [0.2, 0.25) is 5.91 Å². The number of aryl methyl sites for hydroxylation is 1. The van der Waals surface area contributed by atoms with Crippen LogP contribution in [-0.2, 0) is 20.7 Å². The van der Waals surface area contributed by atoms with Crippen molar-refractivity contribution in [1.29, 1.82) is 0 Å². The zero-order chi connectivity index (χ0) is 24.9. The number of carbonyl (C=O) groups excluding carboxylic acids is 2. The fourth-order valence-electron chi connectivity index (χ4n) is 4.37. The molecule has 0 saturated heterocycles. The molecule has 0 bridgehead atoms. The van der Waals surface area contributed by atoms with Crippen LogP contribution in [0.5, 0.6) is 0 Å². The molecule has 0 saturated carbocycles. The van der Waals surface area contributed by atoms with Crippen LogP contribution in [0.25, 0.3) is 11.1 Å². The normalized spacial score (nSPS) is 12.9. The molecule has 0 spiro atoms. The molecule has 0 unspecified atom stereocenters. The molecule has 1 aliphatic carbocycles. The molecule has 0 fully saturated rings. The van der Waals surface area contributed by atoms with Gasteiger partial charge in [-0.3, -0.25) is 10.1 Å². The zero-order valence-corrected chi connectivity index (χ0v) is 19.7. The number of hydrogen-bond acceptors (Lipinski definition) is 4. The number of benzene rings is 3. The summed E-state index contributed by atoms with van der Waals surface area (Å²) in [5, 5.41) is 11.8. The Hall–Kier alpha value is -4.13. The third kappa shape index (κ3) is 5.35. The summed E-state index contributed by atoms with van der Waals surface area (Å²) in [4.78, 5) is 37.1. The van der Waals surface area contributed by atoms with Gasteiger partial charge < -0.3 is 14.7 Å². The number of likely N-dealkylation sites (N-methyl/N-ethyl adjacent to an activating group) is 1. The number of ether oxygens (including phenoxy) is 1. The van der Waals surface area contributed by atoms with Crippen LogP contribution in [-0.4, -0.2) is 47.7 Å². The van der Waals surface area contributed by atoms with Gasteiger partial charge in [0.1, 0.15) is 12.6 Å². The molecule has 2 N–H and O–H groups in total. The van der Waals surface area contributed by atoms with Crippen molar-refractivity contribution in [2.24, 2.45) is 0 Å². The highest BCUT2D eigenvalue weighted by atomic mass is 16.5. The summed E-state index contributed by atoms with van der Waals surface area (Å²) in [6, 6.07) is 22.6. The fraction of sp³-hybridized carbons (Fsp3) is 0.250. The maximum absolute atomic E-state index is 12.5. The average Bonchev–Trinajstić information content (AvgIpc) is 3.19. The van der Waals surface area contributed by atoms with E-state index >= 15 is 0 Å². The first-order chi connectivity index (χ1) is 16.8. The van der Waals surface area contributed by atoms with E-state index in [2.05, 4.69) is 29.6 Å². The maximum atomic E-state index is 12.5. The lowest BCUT2D eigenvalue weighted by atomic mass is 9.98. The number of amides is 2. The van der Waals surface area contributed by atoms with Crippen LogP contribution in [0.4, 0.5) is 10.5 Å². The third-order valence-corrected chi connectivity index (χ3v) is 6.48. The van der Waals surface area contributed by atoms with Gasteiger partial charge in [-0.25, -0.2) is 9.59 Å². The number of fused-ring (bicyclic) bond motifs is 3. The zero-order valence-electron chi connectivity index (χ0n) is 19.7. The number of nitrogens with zero attached hydrogens (tertiary/aromatic N) is 1. The average molecular weight is 473 g/mol. The summed E-state index contributed by atoms with van der Waals surface area (Å²) < 4.78 is 5.60. The van der Waals surface area contributed by atoms with Crippen LogP contribution >= 0.6 is 0 Å². The number of rotatable bonds is 8. The van der Waals surface area contributed by atoms with Crippen molar-refractivity contribution in [2.75, 3.05) is 19.0 Å². The van der Waals surface area contributed by atoms with Crippen molar-refractivity contribution >= 4 is 23.7 Å². The first-order valence-electron chi connectivity index (χ1n) is 11.5. The highest BCUT2D eigenvalue weighted by Crippen LogP contribution is 2.44. The Labute approximate surface area is 204 Å². The predicted octanol–water partition coefficient (Wildman–Crippen LogP) is 4.91. The van der Waals surface area contributed by atoms with Crippen LogP contribution in [0.3, 0.4) is 0 Å². The van der Waals surface area contributed by atoms with E-state index < -0.39 is 18.1 Å². The highest BCUT2D eigenvalue weighted by Gasteiger charge is 2.29. The molecule has 3 aromatic rings. The third-order valence-electron chi connectivity index (χ3n) is 6.48. The van der Waals surface area contributed by atoms with Crippen molar-refractivity contribution in [3.05, 3.63) is 89.5 Å². The molecule has 0 radical (unpaired) electrons. The summed E-state index contributed by atoms with van der Waals surface area (Å²) in [6.07, 6.45) is 0.0493. The molecule has 1 aliphatic rings. The van der Waals surface area contributed by atoms with E-state index in [0.717, 1.165) is 16.7 Å². The first kappa shape index (κ1) is 24.0. The number of hydrogen-bond donors (Lipinski definition) is 2. The van der Waals surface area contributed by atoms with E-state index in [0.29, 0.717) is 12.1 Å². The van der Waals surface area contributed by atoms with E-state index in [-0.39, 0.29) is 24.9 Å². The van der Waals surface area contributed by atoms with Gasteiger partial charge in [0.05, 0.1) is 0 Å². The summed E-state index contributed by atoms with van der Waals surface area (Å²) in [5.74, 6) is -1.32. The Morgan fingerprint density at radius 3 is 2.23 bits per heavy atom. The second-order valence-corrected chi connectivity index (χ2v) is 8.67. The monoisotopic (exact) mass is 472 g/mol. The van der Waals surface area contributed by atoms with Crippen molar-refractivity contribution in [3.63, 3.8) is 0 Å². The molecular weight excluding hydrogens is 444 g/mol. The molecule has 1 atom stereocenters. The minimum absolute atomic E-state index is 0.0179. The van der Waals surface area contributed by atoms with E-state index in [9.17, 15) is 14.4 Å². The van der Waals surface area contributed by atoms with Crippen molar-refractivity contribution < 1.29 is 24.2 Å². The molecule has 2 amide bonds. The number of nitrogens with one attached hydrogen (secondary N) is 1. The van der Waals surface area contributed by atoms with Crippen LogP contribution in [0.15, 0.2) is 72.8 Å². The van der Waals surface area contributed by atoms with Gasteiger partial charge in [0.15, 0.2) is 0 Å². The van der Waals surface area contributed by atoms with Crippen molar-refractivity contribution in [3.8, 4) is 11.1 Å². The largest absolute Gasteiger partial charge is 0.480 e. The Morgan fingerprint density at radius 2 is 1.60 bits per heavy atom. The number of carboxylic acids is 1. The van der Waals surface area contributed by atoms with Gasteiger partial charge >= 0.3 is 12.1 Å². The van der Waals surface area contributed by atoms with E-state index in [1.807, 2.05) is 30.3 Å². The van der Waals surface area contributed by atoms with Crippen LogP contribution < -0.4 is 5.32 Å². The number of carbonyl (C=O) groups is 3. The second-order valence-electron chi connectivity index (χ2n) is 8.67. The summed E-state index contributed by atoms with van der Waals surface area (Å²) in [6.45, 7) is 1.70. The second kappa shape index (κ2) is 10.4. The lowest BCUT2D eigenvalue weighted by Gasteiger charge is -2.21. The molecule has 4 rings (SSSR count). The fourth-order valence-corrected chi connectivity index (χ4v) is 4.37. The summed E-state index contributed by atoms with van der Waals surface area (Å²) in [5.41, 5.74) is 6.06.